The minimum absolute atomic E-state index is 0.484. The lowest BCUT2D eigenvalue weighted by atomic mass is 9.93. The summed E-state index contributed by atoms with van der Waals surface area (Å²) in [6.07, 6.45) is 25.7. The quantitative estimate of drug-likeness (QED) is 0.581. The molecule has 0 spiro atoms. The van der Waals surface area contributed by atoms with Gasteiger partial charge < -0.3 is 0 Å². The maximum Gasteiger partial charge on any atom is 0.00506 e. The zero-order valence-corrected chi connectivity index (χ0v) is 8.08. The van der Waals surface area contributed by atoms with Crippen molar-refractivity contribution in [2.75, 3.05) is 0 Å². The van der Waals surface area contributed by atoms with Gasteiger partial charge in [-0.25, -0.2) is 0 Å². The predicted molar refractivity (Wildman–Crippen MR) is 61.8 cm³/mol. The van der Waals surface area contributed by atoms with Crippen molar-refractivity contribution in [3.8, 4) is 0 Å². The maximum atomic E-state index is 2.24. The Morgan fingerprint density at radius 2 is 0.643 bits per heavy atom. The smallest absolute Gasteiger partial charge is 0.00506 e. The van der Waals surface area contributed by atoms with Gasteiger partial charge in [0.05, 0.1) is 0 Å². The van der Waals surface area contributed by atoms with Crippen molar-refractivity contribution in [2.24, 2.45) is 11.8 Å². The van der Waals surface area contributed by atoms with E-state index in [1.165, 1.54) is 0 Å². The largest absolute Gasteiger partial charge is 0.0767 e. The summed E-state index contributed by atoms with van der Waals surface area (Å²) in [5, 5.41) is 0. The predicted octanol–water partition coefficient (Wildman–Crippen LogP) is 3.58. The van der Waals surface area contributed by atoms with Crippen LogP contribution in [0.4, 0.5) is 0 Å². The third-order valence-corrected chi connectivity index (χ3v) is 2.44. The first kappa shape index (κ1) is 9.01. The lowest BCUT2D eigenvalue weighted by molar-refractivity contribution is 0.683. The van der Waals surface area contributed by atoms with Crippen LogP contribution in [0.5, 0.6) is 0 Å². The van der Waals surface area contributed by atoms with E-state index in [2.05, 4.69) is 60.8 Å². The highest BCUT2D eigenvalue weighted by atomic mass is 14.2. The molecule has 0 radical (unpaired) electrons. The van der Waals surface area contributed by atoms with Gasteiger partial charge >= 0.3 is 0 Å². The molecule has 0 nitrogen and oxygen atoms in total. The Balaban J connectivity index is 2.16. The van der Waals surface area contributed by atoms with Crippen molar-refractivity contribution in [2.45, 2.75) is 0 Å². The number of rotatable bonds is 1. The Labute approximate surface area is 85.3 Å². The summed E-state index contributed by atoms with van der Waals surface area (Å²) in [7, 11) is 0. The van der Waals surface area contributed by atoms with Crippen LogP contribution in [-0.2, 0) is 0 Å². The number of allylic oxidation sites excluding steroid dienone is 12. The molecule has 0 saturated carbocycles. The molecule has 70 valence electrons. The molecule has 0 atom stereocenters. The van der Waals surface area contributed by atoms with Crippen molar-refractivity contribution in [1.29, 1.82) is 0 Å². The summed E-state index contributed by atoms with van der Waals surface area (Å²) in [6, 6.07) is 0. The highest BCUT2D eigenvalue weighted by Crippen LogP contribution is 2.22. The van der Waals surface area contributed by atoms with Crippen LogP contribution in [-0.4, -0.2) is 0 Å². The fourth-order valence-corrected chi connectivity index (χ4v) is 1.67. The molecule has 0 aliphatic heterocycles. The van der Waals surface area contributed by atoms with Crippen LogP contribution in [0.25, 0.3) is 0 Å². The Hall–Kier alpha value is -1.56. The van der Waals surface area contributed by atoms with Crippen LogP contribution in [0.15, 0.2) is 72.9 Å². The summed E-state index contributed by atoms with van der Waals surface area (Å²) in [4.78, 5) is 0. The Bertz CT molecular complexity index is 314. The zero-order valence-electron chi connectivity index (χ0n) is 8.08. The van der Waals surface area contributed by atoms with E-state index in [0.29, 0.717) is 11.8 Å². The summed E-state index contributed by atoms with van der Waals surface area (Å²) < 4.78 is 0. The molecular weight excluding hydrogens is 168 g/mol. The highest BCUT2D eigenvalue weighted by molar-refractivity contribution is 5.27. The van der Waals surface area contributed by atoms with Crippen molar-refractivity contribution in [1.82, 2.24) is 0 Å². The van der Waals surface area contributed by atoms with Crippen LogP contribution in [0.3, 0.4) is 0 Å². The number of hydrogen-bond donors (Lipinski definition) is 0. The summed E-state index contributed by atoms with van der Waals surface area (Å²) in [6.45, 7) is 0. The third kappa shape index (κ3) is 2.23. The summed E-state index contributed by atoms with van der Waals surface area (Å²) >= 11 is 0. The summed E-state index contributed by atoms with van der Waals surface area (Å²) in [5.74, 6) is 1.01. The van der Waals surface area contributed by atoms with Gasteiger partial charge in [-0.2, -0.15) is 0 Å². The van der Waals surface area contributed by atoms with Gasteiger partial charge in [0.1, 0.15) is 0 Å². The zero-order chi connectivity index (χ0) is 9.64. The van der Waals surface area contributed by atoms with Gasteiger partial charge in [0.15, 0.2) is 0 Å². The van der Waals surface area contributed by atoms with Crippen molar-refractivity contribution in [3.05, 3.63) is 72.9 Å². The second-order valence-electron chi connectivity index (χ2n) is 3.46. The molecule has 0 heterocycles. The van der Waals surface area contributed by atoms with Crippen molar-refractivity contribution >= 4 is 0 Å². The average Bonchev–Trinajstić information content (AvgIpc) is 2.75. The van der Waals surface area contributed by atoms with Crippen LogP contribution in [0.2, 0.25) is 0 Å². The van der Waals surface area contributed by atoms with E-state index < -0.39 is 0 Å². The lowest BCUT2D eigenvalue weighted by Gasteiger charge is -2.11. The van der Waals surface area contributed by atoms with Gasteiger partial charge in [0.2, 0.25) is 0 Å². The monoisotopic (exact) mass is 182 g/mol. The number of hydrogen-bond acceptors (Lipinski definition) is 0. The molecule has 2 aliphatic carbocycles. The van der Waals surface area contributed by atoms with Gasteiger partial charge in [0.25, 0.3) is 0 Å². The second kappa shape index (κ2) is 4.61. The normalized spacial score (nSPS) is 25.3. The minimum atomic E-state index is 0.484. The molecule has 14 heavy (non-hydrogen) atoms. The molecule has 0 saturated heterocycles. The van der Waals surface area contributed by atoms with Crippen molar-refractivity contribution < 1.29 is 0 Å². The van der Waals surface area contributed by atoms with E-state index in [0.717, 1.165) is 0 Å². The average molecular weight is 182 g/mol. The van der Waals surface area contributed by atoms with Crippen LogP contribution in [0, 0.1) is 11.8 Å². The van der Waals surface area contributed by atoms with Gasteiger partial charge in [-0.1, -0.05) is 72.9 Å². The molecule has 0 amide bonds. The Morgan fingerprint density at radius 3 is 1.07 bits per heavy atom. The minimum Gasteiger partial charge on any atom is -0.0767 e. The molecule has 0 aromatic carbocycles. The second-order valence-corrected chi connectivity index (χ2v) is 3.46. The van der Waals surface area contributed by atoms with Gasteiger partial charge in [0, 0.05) is 11.8 Å². The van der Waals surface area contributed by atoms with E-state index in [1.807, 2.05) is 12.2 Å². The van der Waals surface area contributed by atoms with Gasteiger partial charge in [-0.05, 0) is 0 Å². The fourth-order valence-electron chi connectivity index (χ4n) is 1.67. The first-order valence-corrected chi connectivity index (χ1v) is 5.00. The molecule has 0 aromatic rings. The molecule has 0 heteroatoms. The lowest BCUT2D eigenvalue weighted by Crippen LogP contribution is -2.02. The fraction of sp³-hybridized carbons (Fsp3) is 0.143. The van der Waals surface area contributed by atoms with E-state index in [9.17, 15) is 0 Å². The molecule has 0 N–H and O–H groups in total. The summed E-state index contributed by atoms with van der Waals surface area (Å²) in [5.41, 5.74) is 0. The van der Waals surface area contributed by atoms with Crippen LogP contribution in [0.1, 0.15) is 0 Å². The maximum absolute atomic E-state index is 2.24. The van der Waals surface area contributed by atoms with E-state index in [4.69, 9.17) is 0 Å². The van der Waals surface area contributed by atoms with Gasteiger partial charge in [-0.3, -0.25) is 0 Å². The Kier molecular flexibility index (Phi) is 2.97. The SMILES string of the molecule is C1=CC=CC(C2C=CC=C2)C=CC=C1. The first-order valence-electron chi connectivity index (χ1n) is 5.00. The molecule has 2 aliphatic rings. The van der Waals surface area contributed by atoms with Gasteiger partial charge in [-0.15, -0.1) is 0 Å². The third-order valence-electron chi connectivity index (χ3n) is 2.44. The van der Waals surface area contributed by atoms with Crippen molar-refractivity contribution in [3.63, 3.8) is 0 Å². The van der Waals surface area contributed by atoms with Crippen LogP contribution < -0.4 is 0 Å². The molecule has 0 bridgehead atoms. The van der Waals surface area contributed by atoms with E-state index in [-0.39, 0.29) is 0 Å². The van der Waals surface area contributed by atoms with Crippen LogP contribution >= 0.6 is 0 Å². The molecule has 0 unspecified atom stereocenters. The Morgan fingerprint density at radius 1 is 0.357 bits per heavy atom. The van der Waals surface area contributed by atoms with E-state index in [1.54, 1.807) is 0 Å². The molecule has 0 aromatic heterocycles. The highest BCUT2D eigenvalue weighted by Gasteiger charge is 2.11. The molecule has 0 fully saturated rings. The molecular formula is C14H14. The topological polar surface area (TPSA) is 0 Å². The first-order chi connectivity index (χ1) is 6.97. The molecule has 2 rings (SSSR count). The standard InChI is InChI=1S/C14H14/c1-2-4-6-10-13(9-5-3-1)14-11-7-8-12-14/h1-14H. The van der Waals surface area contributed by atoms with E-state index >= 15 is 0 Å².